The van der Waals surface area contributed by atoms with Crippen LogP contribution in [0, 0.1) is 5.92 Å². The lowest BCUT2D eigenvalue weighted by atomic mass is 10.2. The van der Waals surface area contributed by atoms with Crippen LogP contribution in [0.4, 0.5) is 0 Å². The summed E-state index contributed by atoms with van der Waals surface area (Å²) in [6, 6.07) is 0. The van der Waals surface area contributed by atoms with E-state index in [9.17, 15) is 13.5 Å². The van der Waals surface area contributed by atoms with E-state index in [1.165, 1.54) is 0 Å². The third kappa shape index (κ3) is 5.25. The molecule has 2 atom stereocenters. The van der Waals surface area contributed by atoms with Gasteiger partial charge in [-0.15, -0.1) is 0 Å². The molecule has 0 spiro atoms. The predicted octanol–water partition coefficient (Wildman–Crippen LogP) is 0.103. The fourth-order valence-electron chi connectivity index (χ4n) is 1.67. The molecule has 0 aromatic heterocycles. The molecule has 0 radical (unpaired) electrons. The number of ether oxygens (including phenoxy) is 1. The number of nitrogens with one attached hydrogen (secondary N) is 1. The van der Waals surface area contributed by atoms with Gasteiger partial charge in [-0.05, 0) is 25.2 Å². The second-order valence-electron chi connectivity index (χ2n) is 4.26. The Labute approximate surface area is 97.2 Å². The molecule has 2 N–H and O–H groups in total. The van der Waals surface area contributed by atoms with E-state index in [1.807, 2.05) is 6.92 Å². The van der Waals surface area contributed by atoms with Crippen LogP contribution in [-0.4, -0.2) is 45.1 Å². The van der Waals surface area contributed by atoms with Gasteiger partial charge >= 0.3 is 0 Å². The van der Waals surface area contributed by atoms with E-state index >= 15 is 0 Å². The maximum Gasteiger partial charge on any atom is 0.211 e. The van der Waals surface area contributed by atoms with Crippen LogP contribution in [-0.2, 0) is 14.8 Å². The minimum absolute atomic E-state index is 0.119. The van der Waals surface area contributed by atoms with Gasteiger partial charge in [0.05, 0.1) is 18.5 Å². The van der Waals surface area contributed by atoms with Crippen molar-refractivity contribution in [3.05, 3.63) is 0 Å². The molecule has 1 rings (SSSR count). The Kier molecular flexibility index (Phi) is 5.68. The molecule has 6 heteroatoms. The number of sulfonamides is 1. The number of aliphatic hydroxyl groups excluding tert-OH is 1. The van der Waals surface area contributed by atoms with Crippen molar-refractivity contribution in [3.63, 3.8) is 0 Å². The zero-order valence-electron chi connectivity index (χ0n) is 9.68. The highest BCUT2D eigenvalue weighted by Crippen LogP contribution is 2.13. The van der Waals surface area contributed by atoms with Crippen molar-refractivity contribution < 1.29 is 18.3 Å². The summed E-state index contributed by atoms with van der Waals surface area (Å²) in [7, 11) is -3.21. The molecule has 0 aliphatic carbocycles. The first-order valence-corrected chi connectivity index (χ1v) is 7.42. The number of hydrogen-bond acceptors (Lipinski definition) is 4. The molecule has 5 nitrogen and oxygen atoms in total. The van der Waals surface area contributed by atoms with Gasteiger partial charge in [0.15, 0.2) is 0 Å². The molecule has 0 amide bonds. The molecule has 0 bridgehead atoms. The second kappa shape index (κ2) is 6.54. The Balaban J connectivity index is 2.23. The highest BCUT2D eigenvalue weighted by Gasteiger charge is 2.22. The van der Waals surface area contributed by atoms with Gasteiger partial charge in [0.1, 0.15) is 0 Å². The molecule has 0 saturated carbocycles. The molecule has 1 fully saturated rings. The Bertz CT molecular complexity index is 285. The first-order valence-electron chi connectivity index (χ1n) is 5.76. The maximum atomic E-state index is 11.6. The molecule has 0 aromatic carbocycles. The zero-order valence-corrected chi connectivity index (χ0v) is 10.5. The van der Waals surface area contributed by atoms with E-state index in [-0.39, 0.29) is 11.7 Å². The Hall–Kier alpha value is -0.170. The standard InChI is InChI=1S/C10H21NO4S/c1-2-10(12)3-5-11-16(13,14)8-9-4-6-15-7-9/h9-12H,2-8H2,1H3/t9-,10-/m0/s1. The summed E-state index contributed by atoms with van der Waals surface area (Å²) in [6.07, 6.45) is 1.52. The first-order chi connectivity index (χ1) is 7.53. The van der Waals surface area contributed by atoms with Gasteiger partial charge in [-0.25, -0.2) is 13.1 Å². The summed E-state index contributed by atoms with van der Waals surface area (Å²) in [5, 5.41) is 9.28. The first kappa shape index (κ1) is 13.9. The maximum absolute atomic E-state index is 11.6. The predicted molar refractivity (Wildman–Crippen MR) is 61.6 cm³/mol. The quantitative estimate of drug-likeness (QED) is 0.673. The van der Waals surface area contributed by atoms with Crippen LogP contribution in [0.2, 0.25) is 0 Å². The fraction of sp³-hybridized carbons (Fsp3) is 1.00. The molecule has 1 aliphatic heterocycles. The third-order valence-electron chi connectivity index (χ3n) is 2.75. The van der Waals surface area contributed by atoms with Crippen LogP contribution >= 0.6 is 0 Å². The van der Waals surface area contributed by atoms with Crippen LogP contribution in [0.1, 0.15) is 26.2 Å². The summed E-state index contributed by atoms with van der Waals surface area (Å²) in [5.41, 5.74) is 0. The van der Waals surface area contributed by atoms with Crippen molar-refractivity contribution in [2.45, 2.75) is 32.3 Å². The van der Waals surface area contributed by atoms with E-state index in [1.54, 1.807) is 0 Å². The normalized spacial score (nSPS) is 23.5. The third-order valence-corrected chi connectivity index (χ3v) is 4.30. The minimum Gasteiger partial charge on any atom is -0.393 e. The van der Waals surface area contributed by atoms with Crippen LogP contribution in [0.25, 0.3) is 0 Å². The van der Waals surface area contributed by atoms with Crippen LogP contribution in [0.3, 0.4) is 0 Å². The van der Waals surface area contributed by atoms with E-state index in [2.05, 4.69) is 4.72 Å². The Morgan fingerprint density at radius 1 is 1.56 bits per heavy atom. The summed E-state index contributed by atoms with van der Waals surface area (Å²) < 4.78 is 30.9. The summed E-state index contributed by atoms with van der Waals surface area (Å²) >= 11 is 0. The highest BCUT2D eigenvalue weighted by atomic mass is 32.2. The smallest absolute Gasteiger partial charge is 0.211 e. The molecular weight excluding hydrogens is 230 g/mol. The highest BCUT2D eigenvalue weighted by molar-refractivity contribution is 7.89. The van der Waals surface area contributed by atoms with Crippen LogP contribution in [0.5, 0.6) is 0 Å². The van der Waals surface area contributed by atoms with Gasteiger partial charge in [0.2, 0.25) is 10.0 Å². The van der Waals surface area contributed by atoms with Crippen LogP contribution in [0.15, 0.2) is 0 Å². The molecule has 1 aliphatic rings. The van der Waals surface area contributed by atoms with Crippen molar-refractivity contribution in [2.75, 3.05) is 25.5 Å². The van der Waals surface area contributed by atoms with Gasteiger partial charge in [0.25, 0.3) is 0 Å². The summed E-state index contributed by atoms with van der Waals surface area (Å²) in [6.45, 7) is 3.38. The molecule has 0 unspecified atom stereocenters. The fourth-order valence-corrected chi connectivity index (χ4v) is 3.10. The Morgan fingerprint density at radius 2 is 2.31 bits per heavy atom. The lowest BCUT2D eigenvalue weighted by Crippen LogP contribution is -2.32. The number of rotatable bonds is 7. The van der Waals surface area contributed by atoms with Gasteiger partial charge in [-0.2, -0.15) is 0 Å². The van der Waals surface area contributed by atoms with Crippen molar-refractivity contribution in [2.24, 2.45) is 5.92 Å². The van der Waals surface area contributed by atoms with Crippen LogP contribution < -0.4 is 4.72 Å². The average Bonchev–Trinajstić information content (AvgIpc) is 2.69. The molecule has 0 aromatic rings. The largest absolute Gasteiger partial charge is 0.393 e. The number of aliphatic hydroxyl groups is 1. The van der Waals surface area contributed by atoms with E-state index in [4.69, 9.17) is 4.74 Å². The average molecular weight is 251 g/mol. The molecule has 16 heavy (non-hydrogen) atoms. The SMILES string of the molecule is CC[C@H](O)CCNS(=O)(=O)C[C@H]1CCOC1. The van der Waals surface area contributed by atoms with Crippen molar-refractivity contribution in [1.29, 1.82) is 0 Å². The van der Waals surface area contributed by atoms with Gasteiger partial charge in [-0.3, -0.25) is 0 Å². The number of hydrogen-bond donors (Lipinski definition) is 2. The van der Waals surface area contributed by atoms with E-state index < -0.39 is 16.1 Å². The molecule has 1 saturated heterocycles. The molecular formula is C10H21NO4S. The summed E-state index contributed by atoms with van der Waals surface area (Å²) in [5.74, 6) is 0.253. The van der Waals surface area contributed by atoms with Gasteiger partial charge in [-0.1, -0.05) is 6.92 Å². The summed E-state index contributed by atoms with van der Waals surface area (Å²) in [4.78, 5) is 0. The monoisotopic (exact) mass is 251 g/mol. The molecule has 96 valence electrons. The van der Waals surface area contributed by atoms with Gasteiger partial charge < -0.3 is 9.84 Å². The lowest BCUT2D eigenvalue weighted by Gasteiger charge is -2.11. The minimum atomic E-state index is -3.21. The van der Waals surface area contributed by atoms with Crippen molar-refractivity contribution in [1.82, 2.24) is 4.72 Å². The van der Waals surface area contributed by atoms with E-state index in [0.717, 1.165) is 6.42 Å². The van der Waals surface area contributed by atoms with E-state index in [0.29, 0.717) is 32.6 Å². The Morgan fingerprint density at radius 3 is 2.88 bits per heavy atom. The van der Waals surface area contributed by atoms with Crippen molar-refractivity contribution in [3.8, 4) is 0 Å². The molecule has 1 heterocycles. The lowest BCUT2D eigenvalue weighted by molar-refractivity contribution is 0.162. The zero-order chi connectivity index (χ0) is 12.0. The topological polar surface area (TPSA) is 75.6 Å². The van der Waals surface area contributed by atoms with Gasteiger partial charge in [0, 0.05) is 13.2 Å². The second-order valence-corrected chi connectivity index (χ2v) is 6.11. The van der Waals surface area contributed by atoms with Crippen molar-refractivity contribution >= 4 is 10.0 Å².